The van der Waals surface area contributed by atoms with Crippen LogP contribution >= 0.6 is 0 Å². The van der Waals surface area contributed by atoms with E-state index in [1.54, 1.807) is 16.9 Å². The van der Waals surface area contributed by atoms with Gasteiger partial charge in [-0.1, -0.05) is 24.3 Å². The van der Waals surface area contributed by atoms with Gasteiger partial charge in [0.15, 0.2) is 0 Å². The Morgan fingerprint density at radius 3 is 2.33 bits per heavy atom. The van der Waals surface area contributed by atoms with E-state index >= 15 is 0 Å². The van der Waals surface area contributed by atoms with E-state index in [9.17, 15) is 21.6 Å². The van der Waals surface area contributed by atoms with Crippen LogP contribution in [0.5, 0.6) is 0 Å². The third-order valence-corrected chi connectivity index (χ3v) is 3.77. The van der Waals surface area contributed by atoms with E-state index in [0.717, 1.165) is 11.1 Å². The minimum atomic E-state index is -5.28. The summed E-state index contributed by atoms with van der Waals surface area (Å²) in [5, 5.41) is 0. The minimum Gasteiger partial charge on any atom is -0.204 e. The highest BCUT2D eigenvalue weighted by atomic mass is 32.2. The summed E-state index contributed by atoms with van der Waals surface area (Å²) < 4.78 is 59.9. The van der Waals surface area contributed by atoms with Crippen LogP contribution in [0.15, 0.2) is 24.3 Å². The van der Waals surface area contributed by atoms with Gasteiger partial charge >= 0.3 is 15.5 Å². The van der Waals surface area contributed by atoms with Crippen molar-refractivity contribution in [2.24, 2.45) is 0 Å². The zero-order chi connectivity index (χ0) is 14.0. The summed E-state index contributed by atoms with van der Waals surface area (Å²) >= 11 is 0. The highest BCUT2D eigenvalue weighted by molar-refractivity contribution is 7.90. The molecule has 0 unspecified atom stereocenters. The summed E-state index contributed by atoms with van der Waals surface area (Å²) in [6, 6.07) is 6.32. The molecule has 18 heavy (non-hydrogen) atoms. The number of hydrogen-bond acceptors (Lipinski definition) is 2. The molecule has 0 saturated heterocycles. The molecular weight excluding hydrogens is 267 g/mol. The molecule has 0 aliphatic heterocycles. The van der Waals surface area contributed by atoms with Gasteiger partial charge in [0.2, 0.25) is 0 Å². The number of rotatable bonds is 4. The van der Waals surface area contributed by atoms with E-state index in [-0.39, 0.29) is 6.42 Å². The number of halogens is 3. The average molecular weight is 281 g/mol. The molecular formula is C11H14F3NO2S. The van der Waals surface area contributed by atoms with Gasteiger partial charge in [-0.2, -0.15) is 13.2 Å². The number of aryl methyl sites for hydroxylation is 1. The molecule has 0 fully saturated rings. The van der Waals surface area contributed by atoms with Crippen LogP contribution in [-0.2, 0) is 16.4 Å². The largest absolute Gasteiger partial charge is 0.511 e. The maximum Gasteiger partial charge on any atom is 0.511 e. The third kappa shape index (κ3) is 3.71. The molecule has 0 bridgehead atoms. The van der Waals surface area contributed by atoms with Crippen LogP contribution in [0.4, 0.5) is 13.2 Å². The smallest absolute Gasteiger partial charge is 0.204 e. The summed E-state index contributed by atoms with van der Waals surface area (Å²) in [6.45, 7) is 3.22. The van der Waals surface area contributed by atoms with Crippen molar-refractivity contribution in [2.45, 2.75) is 31.8 Å². The lowest BCUT2D eigenvalue weighted by molar-refractivity contribution is -0.0450. The van der Waals surface area contributed by atoms with Crippen molar-refractivity contribution in [3.63, 3.8) is 0 Å². The molecule has 0 aliphatic carbocycles. The maximum atomic E-state index is 12.2. The Labute approximate surface area is 104 Å². The van der Waals surface area contributed by atoms with Crippen LogP contribution in [-0.4, -0.2) is 20.0 Å². The molecule has 0 amide bonds. The minimum absolute atomic E-state index is 0.210. The predicted octanol–water partition coefficient (Wildman–Crippen LogP) is 2.37. The molecule has 3 nitrogen and oxygen atoms in total. The molecule has 1 aromatic carbocycles. The monoisotopic (exact) mass is 281 g/mol. The van der Waals surface area contributed by atoms with E-state index in [1.165, 1.54) is 6.92 Å². The van der Waals surface area contributed by atoms with Crippen molar-refractivity contribution < 1.29 is 21.6 Å². The fourth-order valence-corrected chi connectivity index (χ4v) is 2.29. The Kier molecular flexibility index (Phi) is 4.39. The van der Waals surface area contributed by atoms with Crippen LogP contribution in [0.1, 0.15) is 18.1 Å². The molecule has 7 heteroatoms. The quantitative estimate of drug-likeness (QED) is 0.921. The second-order valence-electron chi connectivity index (χ2n) is 4.10. The molecule has 0 saturated carbocycles. The first-order valence-electron chi connectivity index (χ1n) is 5.26. The van der Waals surface area contributed by atoms with Gasteiger partial charge in [0.05, 0.1) is 0 Å². The number of nitrogens with one attached hydrogen (secondary N) is 1. The van der Waals surface area contributed by atoms with E-state index in [4.69, 9.17) is 0 Å². The Morgan fingerprint density at radius 2 is 1.83 bits per heavy atom. The first kappa shape index (κ1) is 15.0. The summed E-state index contributed by atoms with van der Waals surface area (Å²) in [5.41, 5.74) is -3.54. The molecule has 0 spiro atoms. The van der Waals surface area contributed by atoms with Crippen molar-refractivity contribution in [1.29, 1.82) is 0 Å². The van der Waals surface area contributed by atoms with E-state index < -0.39 is 21.6 Å². The fraction of sp³-hybridized carbons (Fsp3) is 0.455. The van der Waals surface area contributed by atoms with Crippen molar-refractivity contribution in [1.82, 2.24) is 4.72 Å². The summed E-state index contributed by atoms with van der Waals surface area (Å²) in [6.07, 6.45) is 0.210. The lowest BCUT2D eigenvalue weighted by atomic mass is 10.0. The molecule has 0 heterocycles. The number of alkyl halides is 3. The zero-order valence-electron chi connectivity index (χ0n) is 9.95. The lowest BCUT2D eigenvalue weighted by Crippen LogP contribution is -2.42. The van der Waals surface area contributed by atoms with Crippen molar-refractivity contribution in [3.05, 3.63) is 35.4 Å². The van der Waals surface area contributed by atoms with Gasteiger partial charge in [0, 0.05) is 6.04 Å². The topological polar surface area (TPSA) is 46.2 Å². The normalized spacial score (nSPS) is 14.5. The number of sulfonamides is 1. The SMILES string of the molecule is Cc1ccccc1C[C@@H](C)NS(=O)(=O)C(F)(F)F. The lowest BCUT2D eigenvalue weighted by Gasteiger charge is -2.16. The van der Waals surface area contributed by atoms with E-state index in [0.29, 0.717) is 0 Å². The van der Waals surface area contributed by atoms with Gasteiger partial charge in [-0.3, -0.25) is 0 Å². The van der Waals surface area contributed by atoms with Crippen LogP contribution in [0.2, 0.25) is 0 Å². The van der Waals surface area contributed by atoms with Gasteiger partial charge in [-0.05, 0) is 31.4 Å². The Hall–Kier alpha value is -1.08. The van der Waals surface area contributed by atoms with Gasteiger partial charge in [0.25, 0.3) is 0 Å². The Balaban J connectivity index is 2.75. The van der Waals surface area contributed by atoms with Crippen LogP contribution in [0.25, 0.3) is 0 Å². The summed E-state index contributed by atoms with van der Waals surface area (Å²) in [4.78, 5) is 0. The molecule has 1 N–H and O–H groups in total. The maximum absolute atomic E-state index is 12.2. The van der Waals surface area contributed by atoms with Crippen LogP contribution in [0, 0.1) is 6.92 Å². The molecule has 0 radical (unpaired) electrons. The van der Waals surface area contributed by atoms with E-state index in [1.807, 2.05) is 19.1 Å². The highest BCUT2D eigenvalue weighted by Gasteiger charge is 2.46. The van der Waals surface area contributed by atoms with Gasteiger partial charge in [0.1, 0.15) is 0 Å². The fourth-order valence-electron chi connectivity index (χ4n) is 1.54. The van der Waals surface area contributed by atoms with Crippen molar-refractivity contribution in [2.75, 3.05) is 0 Å². The number of hydrogen-bond donors (Lipinski definition) is 1. The first-order chi connectivity index (χ1) is 8.13. The average Bonchev–Trinajstić information content (AvgIpc) is 2.19. The van der Waals surface area contributed by atoms with Crippen molar-refractivity contribution in [3.8, 4) is 0 Å². The standard InChI is InChI=1S/C11H14F3NO2S/c1-8-5-3-4-6-10(8)7-9(2)15-18(16,17)11(12,13)14/h3-6,9,15H,7H2,1-2H3/t9-/m1/s1. The van der Waals surface area contributed by atoms with Gasteiger partial charge in [-0.25, -0.2) is 13.1 Å². The molecule has 0 aromatic heterocycles. The van der Waals surface area contributed by atoms with E-state index in [2.05, 4.69) is 0 Å². The Bertz CT molecular complexity index is 511. The molecule has 0 aliphatic rings. The van der Waals surface area contributed by atoms with Crippen LogP contribution in [0.3, 0.4) is 0 Å². The molecule has 1 atom stereocenters. The zero-order valence-corrected chi connectivity index (χ0v) is 10.8. The predicted molar refractivity (Wildman–Crippen MR) is 62.5 cm³/mol. The first-order valence-corrected chi connectivity index (χ1v) is 6.75. The molecule has 102 valence electrons. The molecule has 1 aromatic rings. The van der Waals surface area contributed by atoms with Crippen molar-refractivity contribution >= 4 is 10.0 Å². The summed E-state index contributed by atoms with van der Waals surface area (Å²) in [5.74, 6) is 0. The third-order valence-electron chi connectivity index (χ3n) is 2.45. The second-order valence-corrected chi connectivity index (χ2v) is 5.80. The highest BCUT2D eigenvalue weighted by Crippen LogP contribution is 2.22. The Morgan fingerprint density at radius 1 is 1.28 bits per heavy atom. The molecule has 1 rings (SSSR count). The van der Waals surface area contributed by atoms with Crippen LogP contribution < -0.4 is 4.72 Å². The summed E-state index contributed by atoms with van der Waals surface area (Å²) in [7, 11) is -5.28. The van der Waals surface area contributed by atoms with Gasteiger partial charge in [-0.15, -0.1) is 0 Å². The van der Waals surface area contributed by atoms with Gasteiger partial charge < -0.3 is 0 Å². The second kappa shape index (κ2) is 5.27. The number of benzene rings is 1.